The maximum absolute atomic E-state index is 12.8. The van der Waals surface area contributed by atoms with Gasteiger partial charge in [0, 0.05) is 30.8 Å². The summed E-state index contributed by atoms with van der Waals surface area (Å²) in [5, 5.41) is 3.41. The number of hydrogen-bond donors (Lipinski definition) is 1. The van der Waals surface area contributed by atoms with Gasteiger partial charge >= 0.3 is 6.18 Å². The Bertz CT molecular complexity index is 596. The fourth-order valence-electron chi connectivity index (χ4n) is 1.93. The van der Waals surface area contributed by atoms with E-state index >= 15 is 0 Å². The molecule has 0 radical (unpaired) electrons. The van der Waals surface area contributed by atoms with Gasteiger partial charge in [0.15, 0.2) is 0 Å². The molecule has 0 saturated carbocycles. The number of methoxy groups -OCH3 is 1. The number of anilines is 1. The highest BCUT2D eigenvalue weighted by atomic mass is 19.4. The molecule has 0 amide bonds. The minimum atomic E-state index is -4.47. The van der Waals surface area contributed by atoms with E-state index in [1.807, 2.05) is 0 Å². The van der Waals surface area contributed by atoms with Crippen LogP contribution in [0.3, 0.4) is 0 Å². The lowest BCUT2D eigenvalue weighted by atomic mass is 10.1. The maximum Gasteiger partial charge on any atom is 0.433 e. The quantitative estimate of drug-likeness (QED) is 0.927. The molecule has 102 valence electrons. The molecule has 2 rings (SSSR count). The van der Waals surface area contributed by atoms with Gasteiger partial charge in [-0.25, -0.2) is 4.98 Å². The van der Waals surface area contributed by atoms with Crippen LogP contribution in [-0.2, 0) is 17.5 Å². The summed E-state index contributed by atoms with van der Waals surface area (Å²) in [5.74, 6) is 0. The second-order valence-electron chi connectivity index (χ2n) is 4.05. The third kappa shape index (κ3) is 2.63. The van der Waals surface area contributed by atoms with Crippen molar-refractivity contribution in [2.75, 3.05) is 19.5 Å². The van der Waals surface area contributed by atoms with E-state index in [4.69, 9.17) is 4.74 Å². The summed E-state index contributed by atoms with van der Waals surface area (Å²) in [4.78, 5) is 3.73. The number of nitrogens with one attached hydrogen (secondary N) is 1. The van der Waals surface area contributed by atoms with Crippen LogP contribution in [0.15, 0.2) is 24.3 Å². The van der Waals surface area contributed by atoms with Crippen molar-refractivity contribution in [1.29, 1.82) is 0 Å². The first-order chi connectivity index (χ1) is 8.97. The molecule has 0 atom stereocenters. The topological polar surface area (TPSA) is 34.2 Å². The Morgan fingerprint density at radius 3 is 2.63 bits per heavy atom. The Labute approximate surface area is 108 Å². The lowest BCUT2D eigenvalue weighted by molar-refractivity contribution is -0.140. The largest absolute Gasteiger partial charge is 0.433 e. The summed E-state index contributed by atoms with van der Waals surface area (Å²) < 4.78 is 43.5. The van der Waals surface area contributed by atoms with Crippen molar-refractivity contribution in [3.8, 4) is 0 Å². The van der Waals surface area contributed by atoms with E-state index in [1.54, 1.807) is 25.2 Å². The number of halogens is 3. The Morgan fingerprint density at radius 2 is 2.05 bits per heavy atom. The average Bonchev–Trinajstić information content (AvgIpc) is 2.37. The Hall–Kier alpha value is -1.82. The summed E-state index contributed by atoms with van der Waals surface area (Å²) in [6, 6.07) is 6.22. The molecule has 1 heterocycles. The van der Waals surface area contributed by atoms with Crippen molar-refractivity contribution < 1.29 is 17.9 Å². The molecule has 0 fully saturated rings. The van der Waals surface area contributed by atoms with Gasteiger partial charge in [-0.2, -0.15) is 13.2 Å². The van der Waals surface area contributed by atoms with Gasteiger partial charge in [-0.15, -0.1) is 0 Å². The van der Waals surface area contributed by atoms with Crippen LogP contribution in [0, 0.1) is 0 Å². The van der Waals surface area contributed by atoms with Crippen LogP contribution in [0.5, 0.6) is 0 Å². The molecule has 0 bridgehead atoms. The number of ether oxygens (including phenoxy) is 1. The van der Waals surface area contributed by atoms with E-state index in [1.165, 1.54) is 7.11 Å². The van der Waals surface area contributed by atoms with Gasteiger partial charge in [0.25, 0.3) is 0 Å². The lowest BCUT2D eigenvalue weighted by Gasteiger charge is -2.13. The van der Waals surface area contributed by atoms with Crippen LogP contribution in [0.25, 0.3) is 10.9 Å². The van der Waals surface area contributed by atoms with Gasteiger partial charge in [0.05, 0.1) is 12.1 Å². The number of alkyl halides is 3. The SMILES string of the molecule is CNc1cc(C(F)(F)F)nc2c(COC)cccc12. The van der Waals surface area contributed by atoms with Crippen LogP contribution in [-0.4, -0.2) is 19.1 Å². The van der Waals surface area contributed by atoms with Crippen molar-refractivity contribution in [2.24, 2.45) is 0 Å². The third-order valence-corrected chi connectivity index (χ3v) is 2.78. The molecule has 0 unspecified atom stereocenters. The van der Waals surface area contributed by atoms with E-state index in [0.29, 0.717) is 22.2 Å². The first kappa shape index (κ1) is 13.6. The Kier molecular flexibility index (Phi) is 3.61. The molecule has 1 N–H and O–H groups in total. The summed E-state index contributed by atoms with van der Waals surface area (Å²) in [5.41, 5.74) is 0.425. The molecule has 1 aromatic heterocycles. The van der Waals surface area contributed by atoms with Gasteiger partial charge in [0.1, 0.15) is 5.69 Å². The molecular formula is C13H13F3N2O. The first-order valence-electron chi connectivity index (χ1n) is 5.64. The second-order valence-corrected chi connectivity index (χ2v) is 4.05. The molecule has 2 aromatic rings. The Morgan fingerprint density at radius 1 is 1.32 bits per heavy atom. The Balaban J connectivity index is 2.74. The second kappa shape index (κ2) is 5.05. The standard InChI is InChI=1S/C13H13F3N2O/c1-17-10-6-11(13(14,15)16)18-12-8(7-19-2)4-3-5-9(10)12/h3-6H,7H2,1-2H3,(H,17,18). The molecule has 3 nitrogen and oxygen atoms in total. The fourth-order valence-corrected chi connectivity index (χ4v) is 1.93. The average molecular weight is 270 g/mol. The summed E-state index contributed by atoms with van der Waals surface area (Å²) in [6.07, 6.45) is -4.47. The lowest BCUT2D eigenvalue weighted by Crippen LogP contribution is -2.10. The highest BCUT2D eigenvalue weighted by Gasteiger charge is 2.33. The molecule has 0 aliphatic rings. The molecule has 0 spiro atoms. The molecule has 6 heteroatoms. The number of rotatable bonds is 3. The van der Waals surface area contributed by atoms with Crippen LogP contribution in [0.4, 0.5) is 18.9 Å². The van der Waals surface area contributed by atoms with Gasteiger partial charge in [-0.3, -0.25) is 0 Å². The van der Waals surface area contributed by atoms with E-state index in [9.17, 15) is 13.2 Å². The number of benzene rings is 1. The number of fused-ring (bicyclic) bond motifs is 1. The van der Waals surface area contributed by atoms with Crippen LogP contribution in [0.2, 0.25) is 0 Å². The predicted octanol–water partition coefficient (Wildman–Crippen LogP) is 3.44. The number of aromatic nitrogens is 1. The van der Waals surface area contributed by atoms with Crippen molar-refractivity contribution >= 4 is 16.6 Å². The molecule has 19 heavy (non-hydrogen) atoms. The van der Waals surface area contributed by atoms with E-state index in [-0.39, 0.29) is 6.61 Å². The molecule has 0 aliphatic carbocycles. The van der Waals surface area contributed by atoms with Gasteiger partial charge < -0.3 is 10.1 Å². The van der Waals surface area contributed by atoms with Gasteiger partial charge in [0.2, 0.25) is 0 Å². The fraction of sp³-hybridized carbons (Fsp3) is 0.308. The summed E-state index contributed by atoms with van der Waals surface area (Å²) in [6.45, 7) is 0.217. The number of pyridine rings is 1. The molecular weight excluding hydrogens is 257 g/mol. The van der Waals surface area contributed by atoms with Crippen molar-refractivity contribution in [1.82, 2.24) is 4.98 Å². The number of nitrogens with zero attached hydrogens (tertiary/aromatic N) is 1. The zero-order valence-corrected chi connectivity index (χ0v) is 10.5. The molecule has 1 aromatic carbocycles. The van der Waals surface area contributed by atoms with Crippen LogP contribution < -0.4 is 5.32 Å². The third-order valence-electron chi connectivity index (χ3n) is 2.78. The van der Waals surface area contributed by atoms with Crippen LogP contribution in [0.1, 0.15) is 11.3 Å². The number of para-hydroxylation sites is 1. The van der Waals surface area contributed by atoms with Crippen LogP contribution >= 0.6 is 0 Å². The summed E-state index contributed by atoms with van der Waals surface area (Å²) in [7, 11) is 3.07. The molecule has 0 aliphatic heterocycles. The molecule has 0 saturated heterocycles. The normalized spacial score (nSPS) is 11.8. The van der Waals surface area contributed by atoms with E-state index in [0.717, 1.165) is 6.07 Å². The van der Waals surface area contributed by atoms with Crippen molar-refractivity contribution in [3.05, 3.63) is 35.5 Å². The minimum Gasteiger partial charge on any atom is -0.388 e. The highest BCUT2D eigenvalue weighted by Crippen LogP contribution is 2.33. The number of hydrogen-bond acceptors (Lipinski definition) is 3. The zero-order chi connectivity index (χ0) is 14.0. The smallest absolute Gasteiger partial charge is 0.388 e. The maximum atomic E-state index is 12.8. The highest BCUT2D eigenvalue weighted by molar-refractivity contribution is 5.93. The van der Waals surface area contributed by atoms with Gasteiger partial charge in [-0.05, 0) is 6.07 Å². The van der Waals surface area contributed by atoms with Crippen molar-refractivity contribution in [2.45, 2.75) is 12.8 Å². The monoisotopic (exact) mass is 270 g/mol. The zero-order valence-electron chi connectivity index (χ0n) is 10.5. The van der Waals surface area contributed by atoms with Crippen molar-refractivity contribution in [3.63, 3.8) is 0 Å². The van der Waals surface area contributed by atoms with E-state index in [2.05, 4.69) is 10.3 Å². The predicted molar refractivity (Wildman–Crippen MR) is 67.0 cm³/mol. The first-order valence-corrected chi connectivity index (χ1v) is 5.64. The van der Waals surface area contributed by atoms with E-state index < -0.39 is 11.9 Å². The van der Waals surface area contributed by atoms with Gasteiger partial charge in [-0.1, -0.05) is 18.2 Å². The summed E-state index contributed by atoms with van der Waals surface area (Å²) >= 11 is 0. The minimum absolute atomic E-state index is 0.217.